The molecule has 0 radical (unpaired) electrons. The summed E-state index contributed by atoms with van der Waals surface area (Å²) in [5.41, 5.74) is 4.35. The molecule has 0 spiro atoms. The molecule has 35 heavy (non-hydrogen) atoms. The maximum Gasteiger partial charge on any atom is 0.254 e. The molecule has 8 heteroatoms. The number of amides is 1. The van der Waals surface area contributed by atoms with Crippen molar-refractivity contribution in [1.29, 1.82) is 0 Å². The number of hydrogen-bond donors (Lipinski definition) is 1. The summed E-state index contributed by atoms with van der Waals surface area (Å²) in [6.45, 7) is 9.38. The normalized spacial score (nSPS) is 15.7. The van der Waals surface area contributed by atoms with Crippen LogP contribution >= 0.6 is 11.3 Å². The van der Waals surface area contributed by atoms with E-state index in [0.29, 0.717) is 35.6 Å². The van der Waals surface area contributed by atoms with E-state index in [1.165, 1.54) is 11.9 Å². The number of nitrogens with zero attached hydrogens (tertiary/aromatic N) is 4. The molecule has 1 amide bonds. The Labute approximate surface area is 211 Å². The van der Waals surface area contributed by atoms with Crippen LogP contribution in [0.15, 0.2) is 47.4 Å². The first-order valence-corrected chi connectivity index (χ1v) is 13.2. The Balaban J connectivity index is 1.30. The smallest absolute Gasteiger partial charge is 0.254 e. The molecule has 2 aromatic heterocycles. The number of piperidine rings is 1. The van der Waals surface area contributed by atoms with Gasteiger partial charge in [-0.3, -0.25) is 4.79 Å². The highest BCUT2D eigenvalue weighted by atomic mass is 32.1. The molecule has 3 aromatic rings. The molecule has 3 heterocycles. The van der Waals surface area contributed by atoms with E-state index in [9.17, 15) is 9.18 Å². The van der Waals surface area contributed by atoms with Crippen molar-refractivity contribution in [1.82, 2.24) is 20.2 Å². The molecule has 1 fully saturated rings. The second-order valence-corrected chi connectivity index (χ2v) is 10.1. The van der Waals surface area contributed by atoms with Gasteiger partial charge < -0.3 is 15.1 Å². The van der Waals surface area contributed by atoms with Crippen LogP contribution in [-0.4, -0.2) is 52.5 Å². The Morgan fingerprint density at radius 1 is 1.17 bits per heavy atom. The summed E-state index contributed by atoms with van der Waals surface area (Å²) in [7, 11) is 0. The predicted octanol–water partition coefficient (Wildman–Crippen LogP) is 4.97. The van der Waals surface area contributed by atoms with Crippen LogP contribution in [0.5, 0.6) is 0 Å². The average molecular weight is 496 g/mol. The van der Waals surface area contributed by atoms with Gasteiger partial charge in [0.15, 0.2) is 0 Å². The third-order valence-corrected chi connectivity index (χ3v) is 7.69. The molecule has 4 rings (SSSR count). The Hall–Kier alpha value is -2.84. The van der Waals surface area contributed by atoms with E-state index in [2.05, 4.69) is 48.8 Å². The third kappa shape index (κ3) is 6.44. The van der Waals surface area contributed by atoms with E-state index in [4.69, 9.17) is 0 Å². The number of aryl methyl sites for hydroxylation is 2. The summed E-state index contributed by atoms with van der Waals surface area (Å²) in [6.07, 6.45) is 4.49. The summed E-state index contributed by atoms with van der Waals surface area (Å²) in [5, 5.41) is 7.34. The molecule has 1 aliphatic heterocycles. The van der Waals surface area contributed by atoms with Crippen LogP contribution < -0.4 is 10.2 Å². The molecular weight excluding hydrogens is 461 g/mol. The molecular formula is C27H34FN5OS. The van der Waals surface area contributed by atoms with Gasteiger partial charge in [0.25, 0.3) is 5.91 Å². The van der Waals surface area contributed by atoms with E-state index in [1.54, 1.807) is 23.5 Å². The lowest BCUT2D eigenvalue weighted by Gasteiger charge is -2.42. The first-order chi connectivity index (χ1) is 16.9. The minimum absolute atomic E-state index is 0.102. The number of nitrogens with one attached hydrogen (secondary N) is 1. The van der Waals surface area contributed by atoms with Gasteiger partial charge in [0.2, 0.25) is 0 Å². The van der Waals surface area contributed by atoms with Gasteiger partial charge in [0.05, 0.1) is 17.0 Å². The van der Waals surface area contributed by atoms with Crippen molar-refractivity contribution in [3.05, 3.63) is 75.8 Å². The summed E-state index contributed by atoms with van der Waals surface area (Å²) in [5.74, 6) is -0.306. The largest absolute Gasteiger partial charge is 0.364 e. The summed E-state index contributed by atoms with van der Waals surface area (Å²) in [4.78, 5) is 25.8. The van der Waals surface area contributed by atoms with Gasteiger partial charge in [0, 0.05) is 44.0 Å². The maximum absolute atomic E-state index is 13.5. The lowest BCUT2D eigenvalue weighted by atomic mass is 9.99. The Morgan fingerprint density at radius 3 is 2.49 bits per heavy atom. The number of aromatic nitrogens is 2. The Morgan fingerprint density at radius 2 is 1.86 bits per heavy atom. The monoisotopic (exact) mass is 495 g/mol. The lowest BCUT2D eigenvalue weighted by molar-refractivity contribution is 0.0943. The number of rotatable bonds is 9. The third-order valence-electron chi connectivity index (χ3n) is 6.96. The predicted molar refractivity (Wildman–Crippen MR) is 139 cm³/mol. The van der Waals surface area contributed by atoms with Crippen LogP contribution in [0.2, 0.25) is 0 Å². The zero-order chi connectivity index (χ0) is 24.8. The van der Waals surface area contributed by atoms with Gasteiger partial charge in [-0.25, -0.2) is 14.4 Å². The molecule has 186 valence electrons. The summed E-state index contributed by atoms with van der Waals surface area (Å²) in [6, 6.07) is 9.82. The summed E-state index contributed by atoms with van der Waals surface area (Å²) < 4.78 is 13.5. The number of carbonyl (C=O) groups excluding carboxylic acids is 1. The van der Waals surface area contributed by atoms with Crippen LogP contribution in [0.4, 0.5) is 10.1 Å². The Bertz CT molecular complexity index is 1080. The molecule has 1 saturated heterocycles. The number of likely N-dealkylation sites (tertiary alicyclic amines) is 1. The van der Waals surface area contributed by atoms with E-state index >= 15 is 0 Å². The van der Waals surface area contributed by atoms with Gasteiger partial charge in [-0.05, 0) is 86.7 Å². The topological polar surface area (TPSA) is 61.4 Å². The second-order valence-electron chi connectivity index (χ2n) is 9.32. The molecule has 6 nitrogen and oxygen atoms in total. The lowest BCUT2D eigenvalue weighted by Crippen LogP contribution is -2.48. The molecule has 0 saturated carbocycles. The van der Waals surface area contributed by atoms with Crippen molar-refractivity contribution in [3.8, 4) is 0 Å². The first kappa shape index (κ1) is 25.3. The van der Waals surface area contributed by atoms with E-state index < -0.39 is 0 Å². The van der Waals surface area contributed by atoms with Gasteiger partial charge in [-0.15, -0.1) is 0 Å². The van der Waals surface area contributed by atoms with Crippen molar-refractivity contribution in [3.63, 3.8) is 0 Å². The molecule has 1 atom stereocenters. The van der Waals surface area contributed by atoms with Crippen molar-refractivity contribution in [2.75, 3.05) is 24.5 Å². The van der Waals surface area contributed by atoms with Gasteiger partial charge in [0.1, 0.15) is 12.1 Å². The van der Waals surface area contributed by atoms with Crippen LogP contribution in [0.3, 0.4) is 0 Å². The molecule has 0 aliphatic carbocycles. The van der Waals surface area contributed by atoms with E-state index in [0.717, 1.165) is 44.6 Å². The standard InChI is InChI=1S/C27H34FN5OS/c1-19(8-12-29-27(34)26-20(2)30-18-31-21(26)3)32-13-9-25(10-14-32)33(16-22-11-15-35-17-22)24-6-4-23(28)5-7-24/h4-7,11,15,17-19,25H,8-10,12-14,16H2,1-3H3,(H,29,34)/t19-/m1/s1. The highest BCUT2D eigenvalue weighted by Crippen LogP contribution is 2.27. The number of anilines is 1. The fraction of sp³-hybridized carbons (Fsp3) is 0.444. The zero-order valence-electron chi connectivity index (χ0n) is 20.7. The van der Waals surface area contributed by atoms with Crippen LogP contribution in [-0.2, 0) is 6.54 Å². The number of halogens is 1. The molecule has 1 aliphatic rings. The zero-order valence-corrected chi connectivity index (χ0v) is 21.5. The SMILES string of the molecule is Cc1ncnc(C)c1C(=O)NCC[C@@H](C)N1CCC(N(Cc2ccsc2)c2ccc(F)cc2)CC1. The maximum atomic E-state index is 13.5. The molecule has 1 N–H and O–H groups in total. The first-order valence-electron chi connectivity index (χ1n) is 12.3. The number of benzene rings is 1. The number of hydrogen-bond acceptors (Lipinski definition) is 6. The molecule has 1 aromatic carbocycles. The minimum atomic E-state index is -0.204. The van der Waals surface area contributed by atoms with Crippen LogP contribution in [0, 0.1) is 19.7 Å². The second kappa shape index (κ2) is 11.7. The highest BCUT2D eigenvalue weighted by molar-refractivity contribution is 7.07. The van der Waals surface area contributed by atoms with Crippen molar-refractivity contribution >= 4 is 22.9 Å². The van der Waals surface area contributed by atoms with Crippen molar-refractivity contribution in [2.45, 2.75) is 58.7 Å². The van der Waals surface area contributed by atoms with Gasteiger partial charge >= 0.3 is 0 Å². The van der Waals surface area contributed by atoms with Crippen LogP contribution in [0.1, 0.15) is 53.5 Å². The van der Waals surface area contributed by atoms with E-state index in [-0.39, 0.29) is 11.7 Å². The number of thiophene rings is 1. The van der Waals surface area contributed by atoms with E-state index in [1.807, 2.05) is 26.0 Å². The van der Waals surface area contributed by atoms with Crippen molar-refractivity contribution < 1.29 is 9.18 Å². The van der Waals surface area contributed by atoms with Crippen molar-refractivity contribution in [2.24, 2.45) is 0 Å². The molecule has 0 unspecified atom stereocenters. The Kier molecular flexibility index (Phi) is 8.46. The fourth-order valence-corrected chi connectivity index (χ4v) is 5.53. The number of carbonyl (C=O) groups is 1. The highest BCUT2D eigenvalue weighted by Gasteiger charge is 2.27. The fourth-order valence-electron chi connectivity index (χ4n) is 4.87. The average Bonchev–Trinajstić information content (AvgIpc) is 3.37. The molecule has 0 bridgehead atoms. The minimum Gasteiger partial charge on any atom is -0.364 e. The summed E-state index contributed by atoms with van der Waals surface area (Å²) >= 11 is 1.71. The quantitative estimate of drug-likeness (QED) is 0.454. The van der Waals surface area contributed by atoms with Crippen LogP contribution in [0.25, 0.3) is 0 Å². The van der Waals surface area contributed by atoms with Gasteiger partial charge in [-0.2, -0.15) is 11.3 Å². The van der Waals surface area contributed by atoms with Gasteiger partial charge in [-0.1, -0.05) is 0 Å².